The summed E-state index contributed by atoms with van der Waals surface area (Å²) in [4.78, 5) is 0. The highest BCUT2D eigenvalue weighted by atomic mass is 35.5. The third kappa shape index (κ3) is 4.67. The Kier molecular flexibility index (Phi) is 5.29. The molecule has 118 valence electrons. The SMILES string of the molecule is O=S1(=O)CCCN(S(=O)(=O)Cc2cccc(CCl)c2)CC1. The van der Waals surface area contributed by atoms with Gasteiger partial charge in [0.1, 0.15) is 0 Å². The minimum Gasteiger partial charge on any atom is -0.229 e. The van der Waals surface area contributed by atoms with Gasteiger partial charge in [-0.15, -0.1) is 11.6 Å². The van der Waals surface area contributed by atoms with Gasteiger partial charge in [-0.3, -0.25) is 0 Å². The summed E-state index contributed by atoms with van der Waals surface area (Å²) in [5.41, 5.74) is 1.53. The fraction of sp³-hybridized carbons (Fsp3) is 0.538. The van der Waals surface area contributed by atoms with E-state index in [1.807, 2.05) is 6.07 Å². The van der Waals surface area contributed by atoms with Crippen molar-refractivity contribution in [3.63, 3.8) is 0 Å². The molecule has 5 nitrogen and oxygen atoms in total. The molecule has 0 amide bonds. The Morgan fingerprint density at radius 3 is 2.57 bits per heavy atom. The van der Waals surface area contributed by atoms with Crippen LogP contribution in [0, 0.1) is 0 Å². The second-order valence-electron chi connectivity index (χ2n) is 5.11. The van der Waals surface area contributed by atoms with Gasteiger partial charge >= 0.3 is 0 Å². The summed E-state index contributed by atoms with van der Waals surface area (Å²) in [5, 5.41) is 0. The first kappa shape index (κ1) is 16.7. The molecule has 1 aromatic carbocycles. The number of hydrogen-bond donors (Lipinski definition) is 0. The van der Waals surface area contributed by atoms with E-state index in [1.165, 1.54) is 4.31 Å². The molecule has 0 aromatic heterocycles. The fourth-order valence-corrected chi connectivity index (χ4v) is 5.41. The standard InChI is InChI=1S/C13H18ClNO4S2/c14-10-12-3-1-4-13(9-12)11-21(18,19)15-5-2-7-20(16,17)8-6-15/h1,3-4,9H,2,5-8,10-11H2. The molecule has 1 aromatic rings. The van der Waals surface area contributed by atoms with E-state index in [1.54, 1.807) is 18.2 Å². The molecule has 1 aliphatic heterocycles. The number of benzene rings is 1. The highest BCUT2D eigenvalue weighted by molar-refractivity contribution is 7.91. The van der Waals surface area contributed by atoms with Crippen LogP contribution in [0.5, 0.6) is 0 Å². The Hall–Kier alpha value is -0.630. The maximum absolute atomic E-state index is 12.4. The molecule has 1 fully saturated rings. The number of nitrogens with zero attached hydrogens (tertiary/aromatic N) is 1. The Morgan fingerprint density at radius 2 is 1.86 bits per heavy atom. The quantitative estimate of drug-likeness (QED) is 0.768. The summed E-state index contributed by atoms with van der Waals surface area (Å²) in [7, 11) is -6.63. The van der Waals surface area contributed by atoms with Gasteiger partial charge in [0.25, 0.3) is 0 Å². The zero-order chi connectivity index (χ0) is 15.5. The number of rotatable bonds is 4. The van der Waals surface area contributed by atoms with Crippen LogP contribution >= 0.6 is 11.6 Å². The first-order chi connectivity index (χ1) is 9.82. The van der Waals surface area contributed by atoms with Crippen molar-refractivity contribution in [2.45, 2.75) is 18.1 Å². The zero-order valence-electron chi connectivity index (χ0n) is 11.5. The lowest BCUT2D eigenvalue weighted by Crippen LogP contribution is -2.34. The smallest absolute Gasteiger partial charge is 0.218 e. The van der Waals surface area contributed by atoms with Crippen LogP contribution in [0.3, 0.4) is 0 Å². The Labute approximate surface area is 130 Å². The Morgan fingerprint density at radius 1 is 1.14 bits per heavy atom. The van der Waals surface area contributed by atoms with Gasteiger partial charge in [0.15, 0.2) is 9.84 Å². The number of halogens is 1. The first-order valence-corrected chi connectivity index (χ1v) is 10.6. The van der Waals surface area contributed by atoms with Crippen molar-refractivity contribution >= 4 is 31.5 Å². The highest BCUT2D eigenvalue weighted by Crippen LogP contribution is 2.16. The first-order valence-electron chi connectivity index (χ1n) is 6.64. The van der Waals surface area contributed by atoms with Crippen LogP contribution in [0.4, 0.5) is 0 Å². The molecule has 0 radical (unpaired) electrons. The summed E-state index contributed by atoms with van der Waals surface area (Å²) in [5.74, 6) is 0.155. The van der Waals surface area contributed by atoms with Crippen LogP contribution in [0.1, 0.15) is 17.5 Å². The van der Waals surface area contributed by atoms with Gasteiger partial charge in [-0.05, 0) is 17.5 Å². The fourth-order valence-electron chi connectivity index (χ4n) is 2.30. The van der Waals surface area contributed by atoms with E-state index in [4.69, 9.17) is 11.6 Å². The largest absolute Gasteiger partial charge is 0.229 e. The number of hydrogen-bond acceptors (Lipinski definition) is 4. The predicted octanol–water partition coefficient (Wildman–Crippen LogP) is 1.38. The van der Waals surface area contributed by atoms with Crippen molar-refractivity contribution in [1.82, 2.24) is 4.31 Å². The van der Waals surface area contributed by atoms with Crippen LogP contribution in [-0.4, -0.2) is 45.7 Å². The van der Waals surface area contributed by atoms with Crippen molar-refractivity contribution < 1.29 is 16.8 Å². The van der Waals surface area contributed by atoms with Crippen LogP contribution in [0.15, 0.2) is 24.3 Å². The van der Waals surface area contributed by atoms with E-state index in [2.05, 4.69) is 0 Å². The monoisotopic (exact) mass is 351 g/mol. The summed E-state index contributed by atoms with van der Waals surface area (Å²) in [6.45, 7) is 0.302. The van der Waals surface area contributed by atoms with Gasteiger partial charge < -0.3 is 0 Å². The van der Waals surface area contributed by atoms with Gasteiger partial charge in [-0.1, -0.05) is 24.3 Å². The van der Waals surface area contributed by atoms with Crippen molar-refractivity contribution in [2.75, 3.05) is 24.6 Å². The molecule has 0 aliphatic carbocycles. The number of sulfone groups is 1. The number of sulfonamides is 1. The molecular weight excluding hydrogens is 334 g/mol. The molecule has 0 bridgehead atoms. The van der Waals surface area contributed by atoms with E-state index >= 15 is 0 Å². The molecule has 1 heterocycles. The van der Waals surface area contributed by atoms with E-state index in [0.717, 1.165) is 5.56 Å². The molecular formula is C13H18ClNO4S2. The molecule has 21 heavy (non-hydrogen) atoms. The van der Waals surface area contributed by atoms with Crippen LogP contribution < -0.4 is 0 Å². The second-order valence-corrected chi connectivity index (χ2v) is 9.65. The van der Waals surface area contributed by atoms with E-state index in [-0.39, 0.29) is 30.3 Å². The molecule has 0 saturated carbocycles. The molecule has 1 saturated heterocycles. The molecule has 8 heteroatoms. The van der Waals surface area contributed by atoms with Crippen molar-refractivity contribution in [3.05, 3.63) is 35.4 Å². The van der Waals surface area contributed by atoms with Gasteiger partial charge in [0.2, 0.25) is 10.0 Å². The third-order valence-electron chi connectivity index (χ3n) is 3.40. The summed E-state index contributed by atoms with van der Waals surface area (Å²) < 4.78 is 49.2. The summed E-state index contributed by atoms with van der Waals surface area (Å²) in [6.07, 6.45) is 0.350. The van der Waals surface area contributed by atoms with Crippen molar-refractivity contribution in [3.8, 4) is 0 Å². The number of alkyl halides is 1. The van der Waals surface area contributed by atoms with Crippen molar-refractivity contribution in [1.29, 1.82) is 0 Å². The van der Waals surface area contributed by atoms with Gasteiger partial charge in [0.05, 0.1) is 17.3 Å². The normalized spacial score (nSPS) is 20.0. The maximum atomic E-state index is 12.4. The second kappa shape index (κ2) is 6.64. The van der Waals surface area contributed by atoms with Crippen LogP contribution in [0.25, 0.3) is 0 Å². The van der Waals surface area contributed by atoms with Gasteiger partial charge in [-0.2, -0.15) is 0 Å². The topological polar surface area (TPSA) is 71.5 Å². The lowest BCUT2D eigenvalue weighted by Gasteiger charge is -2.19. The lowest BCUT2D eigenvalue weighted by molar-refractivity contribution is 0.434. The third-order valence-corrected chi connectivity index (χ3v) is 7.28. The van der Waals surface area contributed by atoms with Crippen molar-refractivity contribution in [2.24, 2.45) is 0 Å². The Balaban J connectivity index is 2.14. The molecule has 2 rings (SSSR count). The average molecular weight is 352 g/mol. The Bertz CT molecular complexity index is 701. The molecule has 0 unspecified atom stereocenters. The van der Waals surface area contributed by atoms with Gasteiger partial charge in [-0.25, -0.2) is 21.1 Å². The molecule has 0 N–H and O–H groups in total. The molecule has 0 atom stereocenters. The average Bonchev–Trinajstić information content (AvgIpc) is 2.60. The molecule has 1 aliphatic rings. The summed E-state index contributed by atoms with van der Waals surface area (Å²) >= 11 is 5.75. The highest BCUT2D eigenvalue weighted by Gasteiger charge is 2.27. The van der Waals surface area contributed by atoms with E-state index in [0.29, 0.717) is 17.9 Å². The maximum Gasteiger partial charge on any atom is 0.218 e. The van der Waals surface area contributed by atoms with E-state index < -0.39 is 19.9 Å². The summed E-state index contributed by atoms with van der Waals surface area (Å²) in [6, 6.07) is 7.11. The van der Waals surface area contributed by atoms with E-state index in [9.17, 15) is 16.8 Å². The van der Waals surface area contributed by atoms with Crippen LogP contribution in [-0.2, 0) is 31.5 Å². The molecule has 0 spiro atoms. The lowest BCUT2D eigenvalue weighted by atomic mass is 10.2. The minimum absolute atomic E-state index is 0.0415. The van der Waals surface area contributed by atoms with Crippen LogP contribution in [0.2, 0.25) is 0 Å². The van der Waals surface area contributed by atoms with Gasteiger partial charge in [0, 0.05) is 19.0 Å². The minimum atomic E-state index is -3.51. The predicted molar refractivity (Wildman–Crippen MR) is 83.5 cm³/mol. The zero-order valence-corrected chi connectivity index (χ0v) is 13.9.